The summed E-state index contributed by atoms with van der Waals surface area (Å²) in [4.78, 5) is 11.2. The van der Waals surface area contributed by atoms with Gasteiger partial charge in [-0.2, -0.15) is 11.8 Å². The monoisotopic (exact) mass is 200 g/mol. The van der Waals surface area contributed by atoms with Gasteiger partial charge in [0.15, 0.2) is 0 Å². The summed E-state index contributed by atoms with van der Waals surface area (Å²) in [5.41, 5.74) is -0.330. The molecule has 1 unspecified atom stereocenters. The van der Waals surface area contributed by atoms with E-state index in [9.17, 15) is 9.90 Å². The molecule has 0 aromatic rings. The molecular formula is C10H16O2S. The SMILES string of the molecule is CC1CC(C(=O)O)(C2CCSC2)C1. The molecule has 1 saturated carbocycles. The second kappa shape index (κ2) is 3.19. The maximum absolute atomic E-state index is 11.2. The fraction of sp³-hybridized carbons (Fsp3) is 0.900. The highest BCUT2D eigenvalue weighted by molar-refractivity contribution is 7.99. The molecule has 0 spiro atoms. The van der Waals surface area contributed by atoms with Crippen molar-refractivity contribution >= 4 is 17.7 Å². The van der Waals surface area contributed by atoms with Crippen LogP contribution in [0.5, 0.6) is 0 Å². The van der Waals surface area contributed by atoms with Crippen molar-refractivity contribution in [2.75, 3.05) is 11.5 Å². The number of carboxylic acid groups (broad SMARTS) is 1. The van der Waals surface area contributed by atoms with Crippen LogP contribution in [0.4, 0.5) is 0 Å². The van der Waals surface area contributed by atoms with E-state index < -0.39 is 5.97 Å². The first-order valence-corrected chi connectivity index (χ1v) is 6.12. The van der Waals surface area contributed by atoms with E-state index in [-0.39, 0.29) is 5.41 Å². The molecule has 2 aliphatic rings. The highest BCUT2D eigenvalue weighted by Gasteiger charge is 2.54. The molecule has 1 saturated heterocycles. The van der Waals surface area contributed by atoms with Gasteiger partial charge in [-0.1, -0.05) is 6.92 Å². The summed E-state index contributed by atoms with van der Waals surface area (Å²) in [5.74, 6) is 2.76. The lowest BCUT2D eigenvalue weighted by Gasteiger charge is -2.46. The van der Waals surface area contributed by atoms with E-state index in [4.69, 9.17) is 0 Å². The Morgan fingerprint density at radius 1 is 1.54 bits per heavy atom. The van der Waals surface area contributed by atoms with E-state index >= 15 is 0 Å². The largest absolute Gasteiger partial charge is 0.481 e. The average molecular weight is 200 g/mol. The van der Waals surface area contributed by atoms with Crippen molar-refractivity contribution in [1.82, 2.24) is 0 Å². The number of rotatable bonds is 2. The number of thioether (sulfide) groups is 1. The number of hydrogen-bond donors (Lipinski definition) is 1. The van der Waals surface area contributed by atoms with Crippen molar-refractivity contribution in [3.05, 3.63) is 0 Å². The van der Waals surface area contributed by atoms with E-state index in [0.717, 1.165) is 30.8 Å². The van der Waals surface area contributed by atoms with Gasteiger partial charge in [0, 0.05) is 0 Å². The Kier molecular flexibility index (Phi) is 2.30. The second-order valence-corrected chi connectivity index (χ2v) is 5.69. The van der Waals surface area contributed by atoms with Gasteiger partial charge in [0.05, 0.1) is 5.41 Å². The quantitative estimate of drug-likeness (QED) is 0.742. The Morgan fingerprint density at radius 3 is 2.62 bits per heavy atom. The first-order valence-electron chi connectivity index (χ1n) is 4.96. The van der Waals surface area contributed by atoms with Crippen molar-refractivity contribution < 1.29 is 9.90 Å². The minimum Gasteiger partial charge on any atom is -0.481 e. The molecule has 0 bridgehead atoms. The summed E-state index contributed by atoms with van der Waals surface area (Å²) in [7, 11) is 0. The zero-order chi connectivity index (χ0) is 9.47. The summed E-state index contributed by atoms with van der Waals surface area (Å²) < 4.78 is 0. The topological polar surface area (TPSA) is 37.3 Å². The normalized spacial score (nSPS) is 44.4. The average Bonchev–Trinajstić information content (AvgIpc) is 2.49. The van der Waals surface area contributed by atoms with Crippen molar-refractivity contribution in [1.29, 1.82) is 0 Å². The minimum absolute atomic E-state index is 0.330. The van der Waals surface area contributed by atoms with Crippen LogP contribution in [0.3, 0.4) is 0 Å². The van der Waals surface area contributed by atoms with Crippen LogP contribution in [0.1, 0.15) is 26.2 Å². The van der Waals surface area contributed by atoms with Gasteiger partial charge < -0.3 is 5.11 Å². The molecule has 1 heterocycles. The van der Waals surface area contributed by atoms with Crippen LogP contribution in [0.15, 0.2) is 0 Å². The van der Waals surface area contributed by atoms with Crippen LogP contribution < -0.4 is 0 Å². The van der Waals surface area contributed by atoms with E-state index in [0.29, 0.717) is 11.8 Å². The third kappa shape index (κ3) is 1.37. The predicted molar refractivity (Wildman–Crippen MR) is 53.9 cm³/mol. The van der Waals surface area contributed by atoms with Gasteiger partial charge in [-0.15, -0.1) is 0 Å². The molecule has 2 nitrogen and oxygen atoms in total. The fourth-order valence-electron chi connectivity index (χ4n) is 2.84. The van der Waals surface area contributed by atoms with Crippen molar-refractivity contribution in [2.24, 2.45) is 17.3 Å². The summed E-state index contributed by atoms with van der Waals surface area (Å²) in [6, 6.07) is 0. The lowest BCUT2D eigenvalue weighted by Crippen LogP contribution is -2.48. The number of aliphatic carboxylic acids is 1. The van der Waals surface area contributed by atoms with Crippen molar-refractivity contribution in [2.45, 2.75) is 26.2 Å². The van der Waals surface area contributed by atoms with Gasteiger partial charge in [-0.05, 0) is 42.6 Å². The van der Waals surface area contributed by atoms with Crippen molar-refractivity contribution in [3.8, 4) is 0 Å². The molecule has 2 fully saturated rings. The molecule has 1 atom stereocenters. The molecule has 1 aliphatic carbocycles. The van der Waals surface area contributed by atoms with Crippen LogP contribution in [0.2, 0.25) is 0 Å². The van der Waals surface area contributed by atoms with Gasteiger partial charge in [0.1, 0.15) is 0 Å². The van der Waals surface area contributed by atoms with Gasteiger partial charge in [0.2, 0.25) is 0 Å². The molecule has 0 radical (unpaired) electrons. The summed E-state index contributed by atoms with van der Waals surface area (Å²) in [6.07, 6.45) is 2.94. The maximum atomic E-state index is 11.2. The molecule has 74 valence electrons. The van der Waals surface area contributed by atoms with E-state index in [1.165, 1.54) is 0 Å². The van der Waals surface area contributed by atoms with Crippen LogP contribution in [-0.4, -0.2) is 22.6 Å². The molecule has 0 aromatic heterocycles. The zero-order valence-electron chi connectivity index (χ0n) is 7.95. The molecule has 3 heteroatoms. The van der Waals surface area contributed by atoms with E-state index in [1.807, 2.05) is 11.8 Å². The van der Waals surface area contributed by atoms with E-state index in [1.54, 1.807) is 0 Å². The lowest BCUT2D eigenvalue weighted by molar-refractivity contribution is -0.163. The molecular weight excluding hydrogens is 184 g/mol. The molecule has 1 aliphatic heterocycles. The fourth-order valence-corrected chi connectivity index (χ4v) is 4.22. The third-order valence-electron chi connectivity index (χ3n) is 3.56. The Balaban J connectivity index is 2.10. The minimum atomic E-state index is -0.543. The molecule has 0 aromatic carbocycles. The first-order chi connectivity index (χ1) is 6.15. The first kappa shape index (κ1) is 9.38. The Labute approximate surface area is 83.1 Å². The smallest absolute Gasteiger partial charge is 0.309 e. The Hall–Kier alpha value is -0.180. The Morgan fingerprint density at radius 2 is 2.23 bits per heavy atom. The maximum Gasteiger partial charge on any atom is 0.309 e. The zero-order valence-corrected chi connectivity index (χ0v) is 8.77. The van der Waals surface area contributed by atoms with Gasteiger partial charge >= 0.3 is 5.97 Å². The van der Waals surface area contributed by atoms with Crippen LogP contribution in [0, 0.1) is 17.3 Å². The number of carboxylic acids is 1. The van der Waals surface area contributed by atoms with Gasteiger partial charge in [0.25, 0.3) is 0 Å². The van der Waals surface area contributed by atoms with E-state index in [2.05, 4.69) is 6.92 Å². The predicted octanol–water partition coefficient (Wildman–Crippen LogP) is 2.24. The molecule has 13 heavy (non-hydrogen) atoms. The molecule has 2 rings (SSSR count). The highest BCUT2D eigenvalue weighted by Crippen LogP contribution is 2.54. The molecule has 0 amide bonds. The molecule has 1 N–H and O–H groups in total. The van der Waals surface area contributed by atoms with Crippen molar-refractivity contribution in [3.63, 3.8) is 0 Å². The van der Waals surface area contributed by atoms with Crippen LogP contribution in [0.25, 0.3) is 0 Å². The van der Waals surface area contributed by atoms with Crippen LogP contribution in [-0.2, 0) is 4.79 Å². The Bertz CT molecular complexity index is 215. The lowest BCUT2D eigenvalue weighted by atomic mass is 9.56. The highest BCUT2D eigenvalue weighted by atomic mass is 32.2. The third-order valence-corrected chi connectivity index (χ3v) is 4.72. The summed E-state index contributed by atoms with van der Waals surface area (Å²) in [6.45, 7) is 2.16. The van der Waals surface area contributed by atoms with Gasteiger partial charge in [-0.25, -0.2) is 0 Å². The standard InChI is InChI=1S/C10H16O2S/c1-7-4-10(5-7,9(11)12)8-2-3-13-6-8/h7-8H,2-6H2,1H3,(H,11,12). The van der Waals surface area contributed by atoms with Gasteiger partial charge in [-0.3, -0.25) is 4.79 Å². The summed E-state index contributed by atoms with van der Waals surface area (Å²) in [5, 5.41) is 9.25. The van der Waals surface area contributed by atoms with Crippen LogP contribution >= 0.6 is 11.8 Å². The number of hydrogen-bond acceptors (Lipinski definition) is 2. The number of carbonyl (C=O) groups is 1. The summed E-state index contributed by atoms with van der Waals surface area (Å²) >= 11 is 1.91. The second-order valence-electron chi connectivity index (χ2n) is 4.54.